The van der Waals surface area contributed by atoms with E-state index in [1.807, 2.05) is 0 Å². The number of rotatable bonds is 54. The number of hydrogen-bond donors (Lipinski definition) is 3. The zero-order chi connectivity index (χ0) is 46.0. The van der Waals surface area contributed by atoms with Gasteiger partial charge in [0, 0.05) is 13.0 Å². The predicted molar refractivity (Wildman–Crippen MR) is 265 cm³/mol. The molecule has 9 nitrogen and oxygen atoms in total. The van der Waals surface area contributed by atoms with E-state index in [0.717, 1.165) is 32.1 Å². The summed E-state index contributed by atoms with van der Waals surface area (Å²) >= 11 is 0. The molecule has 0 aromatic rings. The lowest BCUT2D eigenvalue weighted by Gasteiger charge is -2.20. The van der Waals surface area contributed by atoms with E-state index in [0.29, 0.717) is 6.61 Å². The third kappa shape index (κ3) is 50.7. The summed E-state index contributed by atoms with van der Waals surface area (Å²) in [6, 6.07) is 0. The van der Waals surface area contributed by atoms with Crippen molar-refractivity contribution in [3.63, 3.8) is 0 Å². The highest BCUT2D eigenvalue weighted by Gasteiger charge is 2.26. The molecule has 63 heavy (non-hydrogen) atoms. The normalized spacial score (nSPS) is 13.7. The van der Waals surface area contributed by atoms with Crippen molar-refractivity contribution in [3.05, 3.63) is 0 Å². The second-order valence-corrected chi connectivity index (χ2v) is 20.4. The Hall–Kier alpha value is -0.540. The van der Waals surface area contributed by atoms with E-state index in [1.165, 1.54) is 238 Å². The monoisotopic (exact) mass is 919 g/mol. The summed E-state index contributed by atoms with van der Waals surface area (Å²) in [4.78, 5) is 22.7. The van der Waals surface area contributed by atoms with Crippen LogP contribution >= 0.6 is 7.82 Å². The molecule has 0 rings (SSSR count). The van der Waals surface area contributed by atoms with Crippen LogP contribution in [0.4, 0.5) is 0 Å². The van der Waals surface area contributed by atoms with Crippen molar-refractivity contribution in [3.8, 4) is 0 Å². The molecule has 0 aromatic carbocycles. The van der Waals surface area contributed by atoms with Gasteiger partial charge in [-0.15, -0.1) is 0 Å². The average molecular weight is 919 g/mol. The van der Waals surface area contributed by atoms with Crippen LogP contribution in [0.2, 0.25) is 0 Å². The summed E-state index contributed by atoms with van der Waals surface area (Å²) in [5, 5.41) is 18.4. The maximum atomic E-state index is 12.7. The number of unbranched alkanes of at least 4 members (excludes halogenated alkanes) is 40. The molecule has 3 atom stereocenters. The van der Waals surface area contributed by atoms with E-state index in [4.69, 9.17) is 23.6 Å². The Morgan fingerprint density at radius 1 is 0.429 bits per heavy atom. The largest absolute Gasteiger partial charge is 0.472 e. The Balaban J connectivity index is 3.96. The number of aliphatic hydroxyl groups is 2. The molecule has 0 radical (unpaired) electrons. The van der Waals surface area contributed by atoms with Gasteiger partial charge in [0.1, 0.15) is 12.2 Å². The van der Waals surface area contributed by atoms with Crippen molar-refractivity contribution >= 4 is 13.8 Å². The maximum absolute atomic E-state index is 12.7. The van der Waals surface area contributed by atoms with Crippen molar-refractivity contribution in [2.45, 2.75) is 302 Å². The SMILES string of the molecule is CCCCCCCCCCCCCCCCCCCCCCCCCOCC(COP(=O)(O)OCC(O)CO)OC(=O)CCCCCCCCCCCCCCCCCCCCC. The molecular weight excluding hydrogens is 812 g/mol. The predicted octanol–water partition coefficient (Wildman–Crippen LogP) is 16.2. The van der Waals surface area contributed by atoms with Crippen molar-refractivity contribution in [2.24, 2.45) is 0 Å². The average Bonchev–Trinajstić information content (AvgIpc) is 3.28. The fourth-order valence-corrected chi connectivity index (χ4v) is 9.15. The van der Waals surface area contributed by atoms with E-state index >= 15 is 0 Å². The molecule has 0 fully saturated rings. The van der Waals surface area contributed by atoms with Crippen LogP contribution in [-0.2, 0) is 27.9 Å². The molecule has 378 valence electrons. The van der Waals surface area contributed by atoms with Gasteiger partial charge in [-0.25, -0.2) is 4.57 Å². The van der Waals surface area contributed by atoms with Gasteiger partial charge in [-0.05, 0) is 12.8 Å². The second-order valence-electron chi connectivity index (χ2n) is 19.0. The standard InChI is InChI=1S/C53H107O9P/c1-3-5-7-9-11-13-15-17-19-21-23-24-25-26-28-30-32-34-36-38-40-42-44-46-59-49-52(50-61-63(57,58)60-48-51(55)47-54)62-53(56)45-43-41-39-37-35-33-31-29-27-22-20-18-16-14-12-10-8-6-4-2/h51-52,54-55H,3-50H2,1-2H3,(H,57,58). The molecule has 0 saturated heterocycles. The molecule has 3 N–H and O–H groups in total. The van der Waals surface area contributed by atoms with Crippen LogP contribution in [0.25, 0.3) is 0 Å². The number of hydrogen-bond acceptors (Lipinski definition) is 8. The minimum Gasteiger partial charge on any atom is -0.457 e. The summed E-state index contributed by atoms with van der Waals surface area (Å²) in [6.07, 6.45) is 53.7. The number of esters is 1. The fourth-order valence-electron chi connectivity index (χ4n) is 8.36. The third-order valence-corrected chi connectivity index (χ3v) is 13.5. The molecular formula is C53H107O9P. The zero-order valence-electron chi connectivity index (χ0n) is 41.8. The zero-order valence-corrected chi connectivity index (χ0v) is 42.7. The number of phosphoric ester groups is 1. The molecule has 0 heterocycles. The quantitative estimate of drug-likeness (QED) is 0.0310. The van der Waals surface area contributed by atoms with Gasteiger partial charge in [-0.2, -0.15) is 0 Å². The van der Waals surface area contributed by atoms with Crippen LogP contribution in [-0.4, -0.2) is 66.3 Å². The number of phosphoric acid groups is 1. The van der Waals surface area contributed by atoms with Gasteiger partial charge in [0.05, 0.1) is 26.4 Å². The molecule has 0 aromatic heterocycles. The molecule has 0 aliphatic heterocycles. The maximum Gasteiger partial charge on any atom is 0.472 e. The lowest BCUT2D eigenvalue weighted by atomic mass is 10.0. The highest BCUT2D eigenvalue weighted by Crippen LogP contribution is 2.43. The van der Waals surface area contributed by atoms with Crippen molar-refractivity contribution in [2.75, 3.05) is 33.0 Å². The molecule has 0 aliphatic carbocycles. The Kier molecular flexibility index (Phi) is 50.4. The van der Waals surface area contributed by atoms with Crippen LogP contribution < -0.4 is 0 Å². The first kappa shape index (κ1) is 62.5. The molecule has 0 spiro atoms. The van der Waals surface area contributed by atoms with E-state index < -0.39 is 33.2 Å². The lowest BCUT2D eigenvalue weighted by Crippen LogP contribution is -2.29. The van der Waals surface area contributed by atoms with Crippen LogP contribution in [0.1, 0.15) is 290 Å². The Morgan fingerprint density at radius 3 is 1.03 bits per heavy atom. The van der Waals surface area contributed by atoms with Crippen LogP contribution in [0.15, 0.2) is 0 Å². The van der Waals surface area contributed by atoms with Gasteiger partial charge in [-0.3, -0.25) is 13.8 Å². The number of carbonyl (C=O) groups is 1. The molecule has 0 amide bonds. The van der Waals surface area contributed by atoms with Gasteiger partial charge < -0.3 is 24.6 Å². The Morgan fingerprint density at radius 2 is 0.714 bits per heavy atom. The van der Waals surface area contributed by atoms with Gasteiger partial charge in [0.25, 0.3) is 0 Å². The smallest absolute Gasteiger partial charge is 0.457 e. The summed E-state index contributed by atoms with van der Waals surface area (Å²) in [7, 11) is -4.52. The molecule has 3 unspecified atom stereocenters. The summed E-state index contributed by atoms with van der Waals surface area (Å²) in [5.74, 6) is -0.372. The van der Waals surface area contributed by atoms with E-state index in [9.17, 15) is 19.4 Å². The molecule has 0 bridgehead atoms. The first-order valence-electron chi connectivity index (χ1n) is 27.5. The first-order chi connectivity index (χ1) is 30.8. The third-order valence-electron chi connectivity index (χ3n) is 12.5. The molecule has 0 aliphatic rings. The molecule has 0 saturated carbocycles. The number of carbonyl (C=O) groups excluding carboxylic acids is 1. The van der Waals surface area contributed by atoms with Gasteiger partial charge in [-0.1, -0.05) is 271 Å². The lowest BCUT2D eigenvalue weighted by molar-refractivity contribution is -0.154. The van der Waals surface area contributed by atoms with E-state index in [-0.39, 0.29) is 25.6 Å². The first-order valence-corrected chi connectivity index (χ1v) is 29.0. The van der Waals surface area contributed by atoms with Crippen molar-refractivity contribution in [1.82, 2.24) is 0 Å². The highest BCUT2D eigenvalue weighted by molar-refractivity contribution is 7.47. The highest BCUT2D eigenvalue weighted by atomic mass is 31.2. The van der Waals surface area contributed by atoms with Gasteiger partial charge in [0.15, 0.2) is 0 Å². The minimum absolute atomic E-state index is 0.0590. The summed E-state index contributed by atoms with van der Waals surface area (Å²) < 4.78 is 33.6. The fraction of sp³-hybridized carbons (Fsp3) is 0.981. The topological polar surface area (TPSA) is 132 Å². The van der Waals surface area contributed by atoms with Gasteiger partial charge >= 0.3 is 13.8 Å². The van der Waals surface area contributed by atoms with Crippen LogP contribution in [0.3, 0.4) is 0 Å². The Bertz CT molecular complexity index is 953. The van der Waals surface area contributed by atoms with E-state index in [2.05, 4.69) is 13.8 Å². The summed E-state index contributed by atoms with van der Waals surface area (Å²) in [5.41, 5.74) is 0. The minimum atomic E-state index is -4.52. The van der Waals surface area contributed by atoms with Crippen molar-refractivity contribution < 1.29 is 43.0 Å². The van der Waals surface area contributed by atoms with Gasteiger partial charge in [0.2, 0.25) is 0 Å². The Labute approximate surface area is 390 Å². The van der Waals surface area contributed by atoms with Crippen LogP contribution in [0, 0.1) is 0 Å². The van der Waals surface area contributed by atoms with Crippen LogP contribution in [0.5, 0.6) is 0 Å². The van der Waals surface area contributed by atoms with E-state index in [1.54, 1.807) is 0 Å². The summed E-state index contributed by atoms with van der Waals surface area (Å²) in [6.45, 7) is 3.62. The number of aliphatic hydroxyl groups excluding tert-OH is 2. The van der Waals surface area contributed by atoms with Crippen molar-refractivity contribution in [1.29, 1.82) is 0 Å². The molecule has 10 heteroatoms. The number of ether oxygens (including phenoxy) is 2. The second kappa shape index (κ2) is 50.9.